The van der Waals surface area contributed by atoms with Crippen LogP contribution >= 0.6 is 7.82 Å². The molecule has 0 aromatic heterocycles. The number of ether oxygens (including phenoxy) is 2. The summed E-state index contributed by atoms with van der Waals surface area (Å²) in [6, 6.07) is 0. The first-order chi connectivity index (χ1) is 25.9. The molecule has 1 fully saturated rings. The molecule has 0 radical (unpaired) electrons. The SMILES string of the molecule is CCCCCCCCCCCCCCCCC(=O)O[C@H](COC(=O)CCCCCCCCCCCCC)COP(=O)(O)OC1C(O)C(O)C(O)[C@@H](O)C1O. The molecule has 0 heterocycles. The first-order valence-electron chi connectivity index (χ1n) is 21.3. The van der Waals surface area contributed by atoms with Crippen molar-refractivity contribution in [3.05, 3.63) is 0 Å². The van der Waals surface area contributed by atoms with Crippen LogP contribution in [0, 0.1) is 0 Å². The number of phosphoric acid groups is 1. The second kappa shape index (κ2) is 31.9. The van der Waals surface area contributed by atoms with Crippen LogP contribution in [0.5, 0.6) is 0 Å². The summed E-state index contributed by atoms with van der Waals surface area (Å²) in [7, 11) is -5.10. The second-order valence-corrected chi connectivity index (χ2v) is 16.6. The Labute approximate surface area is 325 Å². The molecule has 0 amide bonds. The summed E-state index contributed by atoms with van der Waals surface area (Å²) in [6.07, 6.45) is 16.0. The highest BCUT2D eigenvalue weighted by atomic mass is 31.2. The molecule has 0 aromatic carbocycles. The maximum absolute atomic E-state index is 12.8. The van der Waals surface area contributed by atoms with Crippen molar-refractivity contribution in [1.29, 1.82) is 0 Å². The molecular formula is C40H77O13P. The Morgan fingerprint density at radius 1 is 0.500 bits per heavy atom. The van der Waals surface area contributed by atoms with E-state index in [1.807, 2.05) is 0 Å². The van der Waals surface area contributed by atoms with E-state index in [2.05, 4.69) is 13.8 Å². The lowest BCUT2D eigenvalue weighted by Crippen LogP contribution is -2.64. The molecule has 6 N–H and O–H groups in total. The van der Waals surface area contributed by atoms with Crippen molar-refractivity contribution >= 4 is 19.8 Å². The zero-order chi connectivity index (χ0) is 40.0. The molecule has 1 rings (SSSR count). The van der Waals surface area contributed by atoms with E-state index in [9.17, 15) is 44.6 Å². The monoisotopic (exact) mass is 797 g/mol. The largest absolute Gasteiger partial charge is 0.472 e. The van der Waals surface area contributed by atoms with Gasteiger partial charge in [0.05, 0.1) is 6.61 Å². The highest BCUT2D eigenvalue weighted by Crippen LogP contribution is 2.47. The average molecular weight is 797 g/mol. The van der Waals surface area contributed by atoms with Gasteiger partial charge < -0.3 is 39.9 Å². The normalized spacial score (nSPS) is 23.2. The number of hydrogen-bond donors (Lipinski definition) is 6. The number of carbonyl (C=O) groups excluding carboxylic acids is 2. The van der Waals surface area contributed by atoms with E-state index in [1.54, 1.807) is 0 Å². The smallest absolute Gasteiger partial charge is 0.462 e. The topological polar surface area (TPSA) is 210 Å². The summed E-state index contributed by atoms with van der Waals surface area (Å²) >= 11 is 0. The van der Waals surface area contributed by atoms with Crippen LogP contribution in [0.2, 0.25) is 0 Å². The Balaban J connectivity index is 2.49. The molecule has 14 heteroatoms. The van der Waals surface area contributed by atoms with Crippen molar-refractivity contribution in [2.24, 2.45) is 0 Å². The third-order valence-electron chi connectivity index (χ3n) is 10.2. The summed E-state index contributed by atoms with van der Waals surface area (Å²) < 4.78 is 33.4. The van der Waals surface area contributed by atoms with E-state index in [4.69, 9.17) is 18.5 Å². The molecule has 0 aromatic rings. The minimum absolute atomic E-state index is 0.104. The fraction of sp³-hybridized carbons (Fsp3) is 0.950. The van der Waals surface area contributed by atoms with Crippen LogP contribution < -0.4 is 0 Å². The van der Waals surface area contributed by atoms with Crippen LogP contribution in [-0.4, -0.2) is 98.3 Å². The molecule has 54 heavy (non-hydrogen) atoms. The zero-order valence-corrected chi connectivity index (χ0v) is 34.4. The quantitative estimate of drug-likeness (QED) is 0.0211. The molecular weight excluding hydrogens is 719 g/mol. The fourth-order valence-corrected chi connectivity index (χ4v) is 7.67. The lowest BCUT2D eigenvalue weighted by Gasteiger charge is -2.41. The molecule has 0 spiro atoms. The Morgan fingerprint density at radius 2 is 0.833 bits per heavy atom. The number of rotatable bonds is 35. The van der Waals surface area contributed by atoms with Crippen LogP contribution in [0.25, 0.3) is 0 Å². The van der Waals surface area contributed by atoms with Crippen molar-refractivity contribution in [2.75, 3.05) is 13.2 Å². The molecule has 0 aliphatic heterocycles. The Bertz CT molecular complexity index is 969. The highest BCUT2D eigenvalue weighted by molar-refractivity contribution is 7.47. The minimum atomic E-state index is -5.10. The van der Waals surface area contributed by atoms with E-state index in [0.29, 0.717) is 12.8 Å². The van der Waals surface area contributed by atoms with Crippen LogP contribution in [0.15, 0.2) is 0 Å². The minimum Gasteiger partial charge on any atom is -0.462 e. The van der Waals surface area contributed by atoms with Gasteiger partial charge in [-0.1, -0.05) is 162 Å². The van der Waals surface area contributed by atoms with Crippen LogP contribution in [0.3, 0.4) is 0 Å². The van der Waals surface area contributed by atoms with Gasteiger partial charge in [-0.2, -0.15) is 0 Å². The fourth-order valence-electron chi connectivity index (χ4n) is 6.70. The average Bonchev–Trinajstić information content (AvgIpc) is 3.15. The molecule has 1 saturated carbocycles. The van der Waals surface area contributed by atoms with Crippen molar-refractivity contribution in [2.45, 2.75) is 230 Å². The van der Waals surface area contributed by atoms with E-state index < -0.39 is 75.7 Å². The van der Waals surface area contributed by atoms with Gasteiger partial charge in [-0.3, -0.25) is 18.6 Å². The van der Waals surface area contributed by atoms with Gasteiger partial charge in [0.2, 0.25) is 0 Å². The van der Waals surface area contributed by atoms with Crippen molar-refractivity contribution in [3.8, 4) is 0 Å². The van der Waals surface area contributed by atoms with Crippen LogP contribution in [0.1, 0.15) is 187 Å². The van der Waals surface area contributed by atoms with E-state index >= 15 is 0 Å². The molecule has 320 valence electrons. The second-order valence-electron chi connectivity index (χ2n) is 15.2. The molecule has 0 bridgehead atoms. The maximum atomic E-state index is 12.8. The number of esters is 2. The van der Waals surface area contributed by atoms with Crippen LogP contribution in [-0.2, 0) is 32.7 Å². The third kappa shape index (κ3) is 24.5. The summed E-state index contributed by atoms with van der Waals surface area (Å²) in [5, 5.41) is 50.0. The first kappa shape index (κ1) is 50.9. The summed E-state index contributed by atoms with van der Waals surface area (Å²) in [5.74, 6) is -1.09. The Hall–Kier alpha value is -1.15. The molecule has 8 atom stereocenters. The first-order valence-corrected chi connectivity index (χ1v) is 22.8. The number of aliphatic hydroxyl groups excluding tert-OH is 5. The maximum Gasteiger partial charge on any atom is 0.472 e. The predicted octanol–water partition coefficient (Wildman–Crippen LogP) is 7.33. The lowest BCUT2D eigenvalue weighted by molar-refractivity contribution is -0.220. The molecule has 1 aliphatic carbocycles. The lowest BCUT2D eigenvalue weighted by atomic mass is 9.85. The standard InChI is InChI=1S/C40H77O13P/c1-3-5-7-9-11-13-15-16-17-19-21-23-25-27-29-34(42)52-32(30-50-33(41)28-26-24-22-20-18-14-12-10-8-6-4-2)31-51-54(48,49)53-40-38(46)36(44)35(43)37(45)39(40)47/h32,35-40,43-47H,3-31H2,1-2H3,(H,48,49)/t32-,35?,36-,37?,38?,39?,40?/m1/s1. The summed E-state index contributed by atoms with van der Waals surface area (Å²) in [5.41, 5.74) is 0. The van der Waals surface area contributed by atoms with Gasteiger partial charge in [-0.05, 0) is 12.8 Å². The molecule has 13 nitrogen and oxygen atoms in total. The third-order valence-corrected chi connectivity index (χ3v) is 11.2. The molecule has 1 aliphatic rings. The van der Waals surface area contributed by atoms with E-state index in [-0.39, 0.29) is 12.8 Å². The summed E-state index contributed by atoms with van der Waals surface area (Å²) in [6.45, 7) is 3.28. The Kier molecular flexibility index (Phi) is 30.0. The van der Waals surface area contributed by atoms with Gasteiger partial charge in [0, 0.05) is 12.8 Å². The molecule has 0 saturated heterocycles. The van der Waals surface area contributed by atoms with Gasteiger partial charge in [0.25, 0.3) is 0 Å². The van der Waals surface area contributed by atoms with E-state index in [0.717, 1.165) is 38.5 Å². The van der Waals surface area contributed by atoms with Crippen molar-refractivity contribution < 1.29 is 63.1 Å². The highest BCUT2D eigenvalue weighted by Gasteiger charge is 2.51. The number of phosphoric ester groups is 1. The number of aliphatic hydroxyl groups is 5. The van der Waals surface area contributed by atoms with Gasteiger partial charge in [0.1, 0.15) is 43.2 Å². The van der Waals surface area contributed by atoms with Crippen LogP contribution in [0.4, 0.5) is 0 Å². The Morgan fingerprint density at radius 3 is 1.22 bits per heavy atom. The van der Waals surface area contributed by atoms with Gasteiger partial charge in [-0.25, -0.2) is 4.57 Å². The number of carbonyl (C=O) groups is 2. The predicted molar refractivity (Wildman–Crippen MR) is 208 cm³/mol. The van der Waals surface area contributed by atoms with Gasteiger partial charge in [-0.15, -0.1) is 0 Å². The van der Waals surface area contributed by atoms with E-state index in [1.165, 1.54) is 109 Å². The molecule has 6 unspecified atom stereocenters. The number of unbranched alkanes of at least 4 members (excludes halogenated alkanes) is 23. The number of hydrogen-bond acceptors (Lipinski definition) is 12. The summed E-state index contributed by atoms with van der Waals surface area (Å²) in [4.78, 5) is 35.5. The van der Waals surface area contributed by atoms with Crippen molar-refractivity contribution in [1.82, 2.24) is 0 Å². The van der Waals surface area contributed by atoms with Crippen molar-refractivity contribution in [3.63, 3.8) is 0 Å². The van der Waals surface area contributed by atoms with Gasteiger partial charge >= 0.3 is 19.8 Å². The zero-order valence-electron chi connectivity index (χ0n) is 33.5. The van der Waals surface area contributed by atoms with Gasteiger partial charge in [0.15, 0.2) is 6.10 Å².